The van der Waals surface area contributed by atoms with E-state index in [1.807, 2.05) is 14.0 Å². The summed E-state index contributed by atoms with van der Waals surface area (Å²) in [6.07, 6.45) is 0. The number of carbonyl (C=O) groups is 2. The Morgan fingerprint density at radius 2 is 1.93 bits per heavy atom. The standard InChI is InChI=1S/C19H25N5O4S/c1-13(20-18(26)14-4-6-15(27-3)7-5-14)17-21-22-19(23(17)2)29-12-16(25)24-8-10-28-11-9-24/h4-7,13H,8-12H2,1-3H3,(H,20,26)/t13-/m1/s1. The highest BCUT2D eigenvalue weighted by Crippen LogP contribution is 2.20. The lowest BCUT2D eigenvalue weighted by atomic mass is 10.2. The molecule has 2 heterocycles. The van der Waals surface area contributed by atoms with Crippen LogP contribution in [-0.4, -0.2) is 70.6 Å². The van der Waals surface area contributed by atoms with Crippen LogP contribution in [-0.2, 0) is 16.6 Å². The maximum Gasteiger partial charge on any atom is 0.251 e. The molecule has 29 heavy (non-hydrogen) atoms. The number of amides is 2. The Balaban J connectivity index is 1.57. The maximum absolute atomic E-state index is 12.5. The Morgan fingerprint density at radius 1 is 1.24 bits per heavy atom. The fourth-order valence-corrected chi connectivity index (χ4v) is 3.77. The number of hydrogen-bond donors (Lipinski definition) is 1. The van der Waals surface area contributed by atoms with Crippen LogP contribution in [0, 0.1) is 0 Å². The third-order valence-corrected chi connectivity index (χ3v) is 5.65. The minimum absolute atomic E-state index is 0.0590. The van der Waals surface area contributed by atoms with Crippen molar-refractivity contribution in [2.24, 2.45) is 7.05 Å². The fourth-order valence-electron chi connectivity index (χ4n) is 2.95. The summed E-state index contributed by atoms with van der Waals surface area (Å²) in [5, 5.41) is 11.9. The summed E-state index contributed by atoms with van der Waals surface area (Å²) in [6.45, 7) is 4.25. The minimum atomic E-state index is -0.341. The monoisotopic (exact) mass is 419 g/mol. The van der Waals surface area contributed by atoms with Crippen molar-refractivity contribution >= 4 is 23.6 Å². The molecule has 0 spiro atoms. The van der Waals surface area contributed by atoms with Crippen molar-refractivity contribution in [3.8, 4) is 5.75 Å². The van der Waals surface area contributed by atoms with Gasteiger partial charge in [-0.25, -0.2) is 0 Å². The molecule has 2 aromatic rings. The van der Waals surface area contributed by atoms with Crippen LogP contribution in [0.2, 0.25) is 0 Å². The molecule has 9 nitrogen and oxygen atoms in total. The predicted octanol–water partition coefficient (Wildman–Crippen LogP) is 1.27. The van der Waals surface area contributed by atoms with E-state index >= 15 is 0 Å². The molecule has 1 fully saturated rings. The second kappa shape index (κ2) is 9.75. The van der Waals surface area contributed by atoms with Crippen LogP contribution >= 0.6 is 11.8 Å². The summed E-state index contributed by atoms with van der Waals surface area (Å²) in [4.78, 5) is 26.6. The van der Waals surface area contributed by atoms with Gasteiger partial charge in [0.2, 0.25) is 5.91 Å². The smallest absolute Gasteiger partial charge is 0.251 e. The lowest BCUT2D eigenvalue weighted by Crippen LogP contribution is -2.41. The van der Waals surface area contributed by atoms with Gasteiger partial charge in [0.05, 0.1) is 32.1 Å². The van der Waals surface area contributed by atoms with Gasteiger partial charge >= 0.3 is 0 Å². The van der Waals surface area contributed by atoms with E-state index in [0.29, 0.717) is 54.3 Å². The summed E-state index contributed by atoms with van der Waals surface area (Å²) in [5.41, 5.74) is 0.533. The van der Waals surface area contributed by atoms with Gasteiger partial charge in [-0.3, -0.25) is 9.59 Å². The lowest BCUT2D eigenvalue weighted by Gasteiger charge is -2.26. The van der Waals surface area contributed by atoms with Gasteiger partial charge in [-0.1, -0.05) is 11.8 Å². The van der Waals surface area contributed by atoms with Gasteiger partial charge in [0.15, 0.2) is 11.0 Å². The van der Waals surface area contributed by atoms with E-state index < -0.39 is 0 Å². The van der Waals surface area contributed by atoms with Gasteiger partial charge in [-0.2, -0.15) is 0 Å². The first-order valence-electron chi connectivity index (χ1n) is 9.32. The predicted molar refractivity (Wildman–Crippen MR) is 108 cm³/mol. The first-order chi connectivity index (χ1) is 14.0. The average Bonchev–Trinajstić information content (AvgIpc) is 3.13. The zero-order valence-corrected chi connectivity index (χ0v) is 17.6. The van der Waals surface area contributed by atoms with Crippen LogP contribution in [0.15, 0.2) is 29.4 Å². The van der Waals surface area contributed by atoms with E-state index in [2.05, 4.69) is 15.5 Å². The van der Waals surface area contributed by atoms with Crippen molar-refractivity contribution in [1.82, 2.24) is 25.0 Å². The SMILES string of the molecule is COc1ccc(C(=O)N[C@H](C)c2nnc(SCC(=O)N3CCOCC3)n2C)cc1. The third-order valence-electron chi connectivity index (χ3n) is 4.64. The van der Waals surface area contributed by atoms with Crippen molar-refractivity contribution in [3.05, 3.63) is 35.7 Å². The maximum atomic E-state index is 12.5. The molecule has 1 saturated heterocycles. The zero-order valence-electron chi connectivity index (χ0n) is 16.8. The number of nitrogens with one attached hydrogen (secondary N) is 1. The number of morpholine rings is 1. The number of hydrogen-bond acceptors (Lipinski definition) is 7. The molecular formula is C19H25N5O4S. The van der Waals surface area contributed by atoms with Crippen LogP contribution < -0.4 is 10.1 Å². The normalized spacial score (nSPS) is 15.1. The van der Waals surface area contributed by atoms with E-state index in [0.717, 1.165) is 0 Å². The number of rotatable bonds is 7. The van der Waals surface area contributed by atoms with Crippen LogP contribution in [0.25, 0.3) is 0 Å². The Bertz CT molecular complexity index is 849. The summed E-state index contributed by atoms with van der Waals surface area (Å²) < 4.78 is 12.2. The van der Waals surface area contributed by atoms with Gasteiger partial charge in [-0.05, 0) is 31.2 Å². The number of ether oxygens (including phenoxy) is 2. The number of carbonyl (C=O) groups excluding carboxylic acids is 2. The highest BCUT2D eigenvalue weighted by Gasteiger charge is 2.21. The molecular weight excluding hydrogens is 394 g/mol. The molecule has 1 aromatic heterocycles. The van der Waals surface area contributed by atoms with Crippen LogP contribution in [0.1, 0.15) is 29.1 Å². The number of aromatic nitrogens is 3. The van der Waals surface area contributed by atoms with Crippen molar-refractivity contribution < 1.29 is 19.1 Å². The summed E-state index contributed by atoms with van der Waals surface area (Å²) in [5.74, 6) is 1.45. The van der Waals surface area contributed by atoms with Gasteiger partial charge in [0, 0.05) is 25.7 Å². The van der Waals surface area contributed by atoms with Crippen molar-refractivity contribution in [2.45, 2.75) is 18.1 Å². The van der Waals surface area contributed by atoms with E-state index in [4.69, 9.17) is 9.47 Å². The molecule has 3 rings (SSSR count). The molecule has 1 atom stereocenters. The van der Waals surface area contributed by atoms with Crippen molar-refractivity contribution in [2.75, 3.05) is 39.2 Å². The van der Waals surface area contributed by atoms with Crippen LogP contribution in [0.4, 0.5) is 0 Å². The van der Waals surface area contributed by atoms with E-state index in [9.17, 15) is 9.59 Å². The topological polar surface area (TPSA) is 98.6 Å². The Kier molecular flexibility index (Phi) is 7.10. The first-order valence-corrected chi connectivity index (χ1v) is 10.3. The second-order valence-corrected chi connectivity index (χ2v) is 7.55. The number of thioether (sulfide) groups is 1. The molecule has 0 saturated carbocycles. The Hall–Kier alpha value is -2.59. The van der Waals surface area contributed by atoms with Crippen LogP contribution in [0.5, 0.6) is 5.75 Å². The fraction of sp³-hybridized carbons (Fsp3) is 0.474. The molecule has 1 aliphatic rings. The van der Waals surface area contributed by atoms with E-state index in [1.165, 1.54) is 11.8 Å². The van der Waals surface area contributed by atoms with Gasteiger partial charge in [0.25, 0.3) is 5.91 Å². The number of benzene rings is 1. The molecule has 2 amide bonds. The van der Waals surface area contributed by atoms with E-state index in [-0.39, 0.29) is 17.9 Å². The van der Waals surface area contributed by atoms with Crippen LogP contribution in [0.3, 0.4) is 0 Å². The molecule has 156 valence electrons. The minimum Gasteiger partial charge on any atom is -0.497 e. The summed E-state index contributed by atoms with van der Waals surface area (Å²) in [6, 6.07) is 6.54. The molecule has 0 aliphatic carbocycles. The number of methoxy groups -OCH3 is 1. The highest BCUT2D eigenvalue weighted by molar-refractivity contribution is 7.99. The Morgan fingerprint density at radius 3 is 2.59 bits per heavy atom. The van der Waals surface area contributed by atoms with Gasteiger partial charge in [-0.15, -0.1) is 10.2 Å². The van der Waals surface area contributed by atoms with Gasteiger partial charge in [0.1, 0.15) is 5.75 Å². The zero-order chi connectivity index (χ0) is 20.8. The van der Waals surface area contributed by atoms with Crippen molar-refractivity contribution in [1.29, 1.82) is 0 Å². The Labute approximate surface area is 173 Å². The molecule has 0 unspecified atom stereocenters. The largest absolute Gasteiger partial charge is 0.497 e. The highest BCUT2D eigenvalue weighted by atomic mass is 32.2. The van der Waals surface area contributed by atoms with Gasteiger partial charge < -0.3 is 24.3 Å². The average molecular weight is 420 g/mol. The van der Waals surface area contributed by atoms with Crippen molar-refractivity contribution in [3.63, 3.8) is 0 Å². The first kappa shape index (κ1) is 21.1. The molecule has 10 heteroatoms. The molecule has 0 bridgehead atoms. The summed E-state index contributed by atoms with van der Waals surface area (Å²) >= 11 is 1.34. The van der Waals surface area contributed by atoms with E-state index in [1.54, 1.807) is 40.8 Å². The molecule has 1 aliphatic heterocycles. The third kappa shape index (κ3) is 5.27. The summed E-state index contributed by atoms with van der Waals surface area (Å²) in [7, 11) is 3.41. The quantitative estimate of drug-likeness (QED) is 0.675. The second-order valence-electron chi connectivity index (χ2n) is 6.61. The molecule has 0 radical (unpaired) electrons. The molecule has 1 aromatic carbocycles. The molecule has 1 N–H and O–H groups in total. The number of nitrogens with zero attached hydrogens (tertiary/aromatic N) is 4. The lowest BCUT2D eigenvalue weighted by molar-refractivity contribution is -0.132.